The van der Waals surface area contributed by atoms with Crippen LogP contribution in [0, 0.1) is 6.92 Å². The molecule has 1 aliphatic heterocycles. The third-order valence-corrected chi connectivity index (χ3v) is 4.29. The van der Waals surface area contributed by atoms with Crippen molar-refractivity contribution in [1.29, 1.82) is 0 Å². The number of amides is 2. The number of aromatic nitrogens is 1. The summed E-state index contributed by atoms with van der Waals surface area (Å²) in [5.74, 6) is -0.165. The fourth-order valence-electron chi connectivity index (χ4n) is 2.46. The molecule has 1 aliphatic rings. The number of aryl methyl sites for hydroxylation is 1. The molecule has 2 amide bonds. The van der Waals surface area contributed by atoms with E-state index in [1.807, 2.05) is 12.3 Å². The fraction of sp³-hybridized carbons (Fsp3) is 0.615. The lowest BCUT2D eigenvalue weighted by Crippen LogP contribution is -2.59. The molecular formula is C13H20N4O2S. The molecule has 7 heteroatoms. The van der Waals surface area contributed by atoms with Crippen LogP contribution in [0.5, 0.6) is 0 Å². The molecule has 0 saturated carbocycles. The summed E-state index contributed by atoms with van der Waals surface area (Å²) in [5, 5.41) is 5.72. The van der Waals surface area contributed by atoms with Crippen molar-refractivity contribution in [1.82, 2.24) is 20.1 Å². The molecule has 0 bridgehead atoms. The summed E-state index contributed by atoms with van der Waals surface area (Å²) in [6.07, 6.45) is 0. The molecule has 1 aromatic heterocycles. The van der Waals surface area contributed by atoms with Gasteiger partial charge in [-0.1, -0.05) is 0 Å². The normalized spacial score (nSPS) is 19.9. The fourth-order valence-corrected chi connectivity index (χ4v) is 3.06. The first-order valence-electron chi connectivity index (χ1n) is 6.63. The van der Waals surface area contributed by atoms with Crippen molar-refractivity contribution in [2.45, 2.75) is 26.4 Å². The zero-order chi connectivity index (χ0) is 14.7. The highest BCUT2D eigenvalue weighted by atomic mass is 32.1. The second-order valence-corrected chi connectivity index (χ2v) is 6.00. The van der Waals surface area contributed by atoms with E-state index in [1.165, 1.54) is 6.92 Å². The highest BCUT2D eigenvalue weighted by molar-refractivity contribution is 7.09. The quantitative estimate of drug-likeness (QED) is 0.867. The van der Waals surface area contributed by atoms with Crippen LogP contribution in [0.15, 0.2) is 5.38 Å². The Balaban J connectivity index is 2.04. The first-order valence-corrected chi connectivity index (χ1v) is 7.51. The average Bonchev–Trinajstić information content (AvgIpc) is 2.82. The Bertz CT molecular complexity index is 502. The Morgan fingerprint density at radius 3 is 2.80 bits per heavy atom. The van der Waals surface area contributed by atoms with E-state index < -0.39 is 6.04 Å². The third-order valence-electron chi connectivity index (χ3n) is 3.47. The Morgan fingerprint density at radius 2 is 2.25 bits per heavy atom. The summed E-state index contributed by atoms with van der Waals surface area (Å²) in [4.78, 5) is 31.8. The first-order chi connectivity index (χ1) is 9.51. The van der Waals surface area contributed by atoms with Gasteiger partial charge in [-0.25, -0.2) is 4.98 Å². The number of rotatable bonds is 3. The predicted molar refractivity (Wildman–Crippen MR) is 77.4 cm³/mol. The number of carbonyl (C=O) groups is 2. The van der Waals surface area contributed by atoms with Gasteiger partial charge in [0, 0.05) is 45.5 Å². The van der Waals surface area contributed by atoms with Crippen LogP contribution in [0.2, 0.25) is 0 Å². The molecule has 6 nitrogen and oxygen atoms in total. The van der Waals surface area contributed by atoms with Crippen LogP contribution >= 0.6 is 11.3 Å². The van der Waals surface area contributed by atoms with Gasteiger partial charge in [0.2, 0.25) is 11.8 Å². The molecule has 2 rings (SSSR count). The molecule has 110 valence electrons. The van der Waals surface area contributed by atoms with E-state index in [-0.39, 0.29) is 11.8 Å². The van der Waals surface area contributed by atoms with Gasteiger partial charge < -0.3 is 10.2 Å². The topological polar surface area (TPSA) is 65.5 Å². The number of hydrogen-bond donors (Lipinski definition) is 1. The number of hydrogen-bond acceptors (Lipinski definition) is 5. The number of likely N-dealkylation sites (N-methyl/N-ethyl adjacent to an activating group) is 1. The monoisotopic (exact) mass is 296 g/mol. The summed E-state index contributed by atoms with van der Waals surface area (Å²) < 4.78 is 0. The highest BCUT2D eigenvalue weighted by Gasteiger charge is 2.33. The Labute approximate surface area is 122 Å². The number of nitrogens with one attached hydrogen (secondary N) is 1. The van der Waals surface area contributed by atoms with E-state index in [0.29, 0.717) is 13.1 Å². The SMILES string of the molecule is CNC(=O)[C@H]1CN(Cc2csc(C)n2)CCN1C(C)=O. The number of carbonyl (C=O) groups excluding carboxylic acids is 2. The molecule has 0 radical (unpaired) electrons. The molecule has 20 heavy (non-hydrogen) atoms. The van der Waals surface area contributed by atoms with Crippen LogP contribution in [0.25, 0.3) is 0 Å². The summed E-state index contributed by atoms with van der Waals surface area (Å²) >= 11 is 1.63. The molecule has 2 heterocycles. The Morgan fingerprint density at radius 1 is 1.50 bits per heavy atom. The van der Waals surface area contributed by atoms with Crippen LogP contribution in [0.4, 0.5) is 0 Å². The Kier molecular flexibility index (Phi) is 4.72. The van der Waals surface area contributed by atoms with Crippen molar-refractivity contribution in [2.24, 2.45) is 0 Å². The molecule has 1 fully saturated rings. The largest absolute Gasteiger partial charge is 0.357 e. The van der Waals surface area contributed by atoms with E-state index in [0.717, 1.165) is 23.8 Å². The molecule has 1 N–H and O–H groups in total. The molecule has 0 spiro atoms. The second kappa shape index (κ2) is 6.32. The minimum Gasteiger partial charge on any atom is -0.357 e. The van der Waals surface area contributed by atoms with Crippen LogP contribution in [-0.2, 0) is 16.1 Å². The molecular weight excluding hydrogens is 276 g/mol. The van der Waals surface area contributed by atoms with Crippen molar-refractivity contribution < 1.29 is 9.59 Å². The minimum atomic E-state index is -0.411. The molecule has 1 aromatic rings. The summed E-state index contributed by atoms with van der Waals surface area (Å²) in [6.45, 7) is 6.12. The van der Waals surface area contributed by atoms with E-state index in [1.54, 1.807) is 23.3 Å². The van der Waals surface area contributed by atoms with Crippen LogP contribution in [-0.4, -0.2) is 59.3 Å². The Hall–Kier alpha value is -1.47. The lowest BCUT2D eigenvalue weighted by Gasteiger charge is -2.39. The van der Waals surface area contributed by atoms with Crippen LogP contribution < -0.4 is 5.32 Å². The van der Waals surface area contributed by atoms with Gasteiger partial charge in [-0.15, -0.1) is 11.3 Å². The standard InChI is InChI=1S/C13H20N4O2S/c1-9-15-11(8-20-9)6-16-4-5-17(10(2)18)12(7-16)13(19)14-3/h8,12H,4-7H2,1-3H3,(H,14,19)/t12-/m1/s1. The van der Waals surface area contributed by atoms with E-state index in [4.69, 9.17) is 0 Å². The lowest BCUT2D eigenvalue weighted by molar-refractivity contribution is -0.142. The van der Waals surface area contributed by atoms with Gasteiger partial charge in [0.1, 0.15) is 6.04 Å². The van der Waals surface area contributed by atoms with Gasteiger partial charge in [-0.2, -0.15) is 0 Å². The van der Waals surface area contributed by atoms with E-state index in [2.05, 4.69) is 15.2 Å². The van der Waals surface area contributed by atoms with Gasteiger partial charge in [-0.05, 0) is 6.92 Å². The van der Waals surface area contributed by atoms with Gasteiger partial charge in [0.05, 0.1) is 10.7 Å². The van der Waals surface area contributed by atoms with E-state index >= 15 is 0 Å². The summed E-state index contributed by atoms with van der Waals surface area (Å²) in [5.41, 5.74) is 1.03. The highest BCUT2D eigenvalue weighted by Crippen LogP contribution is 2.15. The molecule has 0 aromatic carbocycles. The predicted octanol–water partition coefficient (Wildman–Crippen LogP) is 0.230. The first kappa shape index (κ1) is 14.9. The summed E-state index contributed by atoms with van der Waals surface area (Å²) in [7, 11) is 1.60. The molecule has 1 saturated heterocycles. The zero-order valence-corrected chi connectivity index (χ0v) is 12.9. The summed E-state index contributed by atoms with van der Waals surface area (Å²) in [6, 6.07) is -0.411. The maximum atomic E-state index is 11.9. The maximum absolute atomic E-state index is 11.9. The van der Waals surface area contributed by atoms with Gasteiger partial charge >= 0.3 is 0 Å². The lowest BCUT2D eigenvalue weighted by atomic mass is 10.1. The van der Waals surface area contributed by atoms with Gasteiger partial charge in [0.25, 0.3) is 0 Å². The number of thiazole rings is 1. The van der Waals surface area contributed by atoms with Crippen molar-refractivity contribution in [2.75, 3.05) is 26.7 Å². The average molecular weight is 296 g/mol. The molecule has 0 aliphatic carbocycles. The minimum absolute atomic E-state index is 0.0530. The smallest absolute Gasteiger partial charge is 0.243 e. The van der Waals surface area contributed by atoms with Crippen molar-refractivity contribution in [3.8, 4) is 0 Å². The molecule has 0 unspecified atom stereocenters. The van der Waals surface area contributed by atoms with Crippen LogP contribution in [0.1, 0.15) is 17.6 Å². The maximum Gasteiger partial charge on any atom is 0.243 e. The zero-order valence-electron chi connectivity index (χ0n) is 12.0. The van der Waals surface area contributed by atoms with Crippen molar-refractivity contribution >= 4 is 23.2 Å². The van der Waals surface area contributed by atoms with Crippen molar-refractivity contribution in [3.63, 3.8) is 0 Å². The third kappa shape index (κ3) is 3.34. The van der Waals surface area contributed by atoms with Gasteiger partial charge in [-0.3, -0.25) is 14.5 Å². The van der Waals surface area contributed by atoms with Crippen LogP contribution in [0.3, 0.4) is 0 Å². The molecule has 1 atom stereocenters. The van der Waals surface area contributed by atoms with Crippen molar-refractivity contribution in [3.05, 3.63) is 16.1 Å². The number of piperazine rings is 1. The van der Waals surface area contributed by atoms with E-state index in [9.17, 15) is 9.59 Å². The number of nitrogens with zero attached hydrogens (tertiary/aromatic N) is 3. The van der Waals surface area contributed by atoms with Gasteiger partial charge in [0.15, 0.2) is 0 Å². The second-order valence-electron chi connectivity index (χ2n) is 4.94.